The zero-order chi connectivity index (χ0) is 14.9. The summed E-state index contributed by atoms with van der Waals surface area (Å²) in [5.74, 6) is 0.167. The van der Waals surface area contributed by atoms with Crippen LogP contribution in [0.3, 0.4) is 0 Å². The molecule has 5 nitrogen and oxygen atoms in total. The van der Waals surface area contributed by atoms with Crippen LogP contribution in [0.25, 0.3) is 0 Å². The molecule has 1 aromatic carbocycles. The average Bonchev–Trinajstić information content (AvgIpc) is 2.41. The number of piperazine rings is 1. The summed E-state index contributed by atoms with van der Waals surface area (Å²) < 4.78 is 0. The number of benzene rings is 1. The van der Waals surface area contributed by atoms with E-state index in [9.17, 15) is 0 Å². The minimum atomic E-state index is 0.103. The lowest BCUT2D eigenvalue weighted by Crippen LogP contribution is -2.58. The molecule has 0 bridgehead atoms. The summed E-state index contributed by atoms with van der Waals surface area (Å²) in [6.07, 6.45) is 0. The molecule has 1 saturated heterocycles. The molecule has 0 atom stereocenters. The highest BCUT2D eigenvalue weighted by Crippen LogP contribution is 2.28. The quantitative estimate of drug-likeness (QED) is 0.373. The highest BCUT2D eigenvalue weighted by Gasteiger charge is 2.32. The fourth-order valence-electron chi connectivity index (χ4n) is 2.63. The second-order valence-electron chi connectivity index (χ2n) is 6.16. The van der Waals surface area contributed by atoms with Crippen molar-refractivity contribution >= 4 is 11.5 Å². The average molecular weight is 276 g/mol. The Morgan fingerprint density at radius 1 is 1.35 bits per heavy atom. The molecule has 0 spiro atoms. The first-order chi connectivity index (χ1) is 9.35. The Morgan fingerprint density at radius 2 is 2.05 bits per heavy atom. The van der Waals surface area contributed by atoms with Crippen LogP contribution in [0.2, 0.25) is 0 Å². The number of aryl methyl sites for hydroxylation is 1. The van der Waals surface area contributed by atoms with Crippen LogP contribution in [0, 0.1) is 6.92 Å². The first-order valence-electron chi connectivity index (χ1n) is 6.90. The summed E-state index contributed by atoms with van der Waals surface area (Å²) in [5, 5.41) is 12.1. The number of amidine groups is 1. The zero-order valence-corrected chi connectivity index (χ0v) is 12.7. The van der Waals surface area contributed by atoms with E-state index in [1.165, 1.54) is 0 Å². The molecule has 0 unspecified atom stereocenters. The highest BCUT2D eigenvalue weighted by molar-refractivity contribution is 6.02. The zero-order valence-electron chi connectivity index (χ0n) is 12.7. The molecule has 5 heteroatoms. The first-order valence-corrected chi connectivity index (χ1v) is 6.90. The van der Waals surface area contributed by atoms with Crippen LogP contribution >= 0.6 is 0 Å². The van der Waals surface area contributed by atoms with E-state index >= 15 is 0 Å². The lowest BCUT2D eigenvalue weighted by Gasteiger charge is -2.46. The number of anilines is 1. The van der Waals surface area contributed by atoms with Crippen LogP contribution in [0.4, 0.5) is 5.69 Å². The third kappa shape index (κ3) is 2.72. The van der Waals surface area contributed by atoms with Gasteiger partial charge < -0.3 is 15.8 Å². The summed E-state index contributed by atoms with van der Waals surface area (Å²) in [6, 6.07) is 6.09. The molecule has 1 heterocycles. The van der Waals surface area contributed by atoms with Gasteiger partial charge in [0, 0.05) is 36.4 Å². The Labute approximate surface area is 120 Å². The van der Waals surface area contributed by atoms with Crippen molar-refractivity contribution < 1.29 is 5.21 Å². The minimum Gasteiger partial charge on any atom is -0.409 e. The van der Waals surface area contributed by atoms with Crippen molar-refractivity contribution in [1.29, 1.82) is 0 Å². The summed E-state index contributed by atoms with van der Waals surface area (Å²) in [7, 11) is 2.15. The Balaban J connectivity index is 2.38. The smallest absolute Gasteiger partial charge is 0.172 e. The molecule has 0 aromatic heterocycles. The standard InChI is InChI=1S/C15H24N4O/c1-11-5-6-13(12(9-11)14(16)17-20)19-8-7-18(4)15(2,3)10-19/h5-6,9,20H,7-8,10H2,1-4H3,(H2,16,17). The molecule has 2 rings (SSSR count). The van der Waals surface area contributed by atoms with Crippen molar-refractivity contribution in [3.63, 3.8) is 0 Å². The second kappa shape index (κ2) is 5.32. The van der Waals surface area contributed by atoms with E-state index in [1.807, 2.05) is 13.0 Å². The second-order valence-corrected chi connectivity index (χ2v) is 6.16. The van der Waals surface area contributed by atoms with Crippen LogP contribution in [0.1, 0.15) is 25.0 Å². The van der Waals surface area contributed by atoms with E-state index in [0.29, 0.717) is 0 Å². The van der Waals surface area contributed by atoms with Gasteiger partial charge in [-0.15, -0.1) is 0 Å². The van der Waals surface area contributed by atoms with Gasteiger partial charge in [-0.25, -0.2) is 0 Å². The third-order valence-corrected chi connectivity index (χ3v) is 4.19. The Bertz CT molecular complexity index is 525. The van der Waals surface area contributed by atoms with Crippen LogP contribution in [0.5, 0.6) is 0 Å². The van der Waals surface area contributed by atoms with Crippen LogP contribution < -0.4 is 10.6 Å². The maximum Gasteiger partial charge on any atom is 0.172 e. The van der Waals surface area contributed by atoms with E-state index in [-0.39, 0.29) is 11.4 Å². The topological polar surface area (TPSA) is 65.1 Å². The molecular formula is C15H24N4O. The predicted octanol–water partition coefficient (Wildman–Crippen LogP) is 1.62. The van der Waals surface area contributed by atoms with E-state index in [0.717, 1.165) is 36.4 Å². The maximum absolute atomic E-state index is 8.98. The van der Waals surface area contributed by atoms with E-state index in [2.05, 4.69) is 48.0 Å². The van der Waals surface area contributed by atoms with Gasteiger partial charge in [-0.1, -0.05) is 16.8 Å². The van der Waals surface area contributed by atoms with Gasteiger partial charge in [-0.3, -0.25) is 4.90 Å². The van der Waals surface area contributed by atoms with Crippen LogP contribution in [-0.2, 0) is 0 Å². The Hall–Kier alpha value is -1.75. The predicted molar refractivity (Wildman–Crippen MR) is 82.6 cm³/mol. The van der Waals surface area contributed by atoms with Gasteiger partial charge in [0.1, 0.15) is 0 Å². The van der Waals surface area contributed by atoms with Gasteiger partial charge in [0.05, 0.1) is 0 Å². The fourth-order valence-corrected chi connectivity index (χ4v) is 2.63. The molecular weight excluding hydrogens is 252 g/mol. The van der Waals surface area contributed by atoms with Crippen molar-refractivity contribution in [2.75, 3.05) is 31.6 Å². The number of likely N-dealkylation sites (N-methyl/N-ethyl adjacent to an activating group) is 1. The van der Waals surface area contributed by atoms with Gasteiger partial charge in [-0.05, 0) is 40.0 Å². The normalized spacial score (nSPS) is 20.2. The maximum atomic E-state index is 8.98. The van der Waals surface area contributed by atoms with Gasteiger partial charge in [0.2, 0.25) is 0 Å². The molecule has 1 aliphatic rings. The summed E-state index contributed by atoms with van der Waals surface area (Å²) >= 11 is 0. The largest absolute Gasteiger partial charge is 0.409 e. The van der Waals surface area contributed by atoms with Crippen LogP contribution in [-0.4, -0.2) is 48.2 Å². The minimum absolute atomic E-state index is 0.103. The SMILES string of the molecule is Cc1ccc(N2CCN(C)C(C)(C)C2)c(/C(N)=N/O)c1. The Kier molecular flexibility index (Phi) is 3.90. The lowest BCUT2D eigenvalue weighted by molar-refractivity contribution is 0.139. The number of hydrogen-bond donors (Lipinski definition) is 2. The summed E-state index contributed by atoms with van der Waals surface area (Å²) in [5.41, 5.74) is 8.87. The van der Waals surface area contributed by atoms with E-state index in [4.69, 9.17) is 10.9 Å². The van der Waals surface area contributed by atoms with Crippen molar-refractivity contribution in [3.8, 4) is 0 Å². The number of hydrogen-bond acceptors (Lipinski definition) is 4. The van der Waals surface area contributed by atoms with Gasteiger partial charge in [-0.2, -0.15) is 0 Å². The van der Waals surface area contributed by atoms with Crippen LogP contribution in [0.15, 0.2) is 23.4 Å². The monoisotopic (exact) mass is 276 g/mol. The van der Waals surface area contributed by atoms with Crippen molar-refractivity contribution in [1.82, 2.24) is 4.90 Å². The molecule has 0 radical (unpaired) electrons. The molecule has 1 aliphatic heterocycles. The van der Waals surface area contributed by atoms with E-state index < -0.39 is 0 Å². The van der Waals surface area contributed by atoms with Crippen molar-refractivity contribution in [2.24, 2.45) is 10.9 Å². The van der Waals surface area contributed by atoms with E-state index in [1.54, 1.807) is 0 Å². The van der Waals surface area contributed by atoms with Gasteiger partial charge in [0.25, 0.3) is 0 Å². The summed E-state index contributed by atoms with van der Waals surface area (Å²) in [4.78, 5) is 4.67. The lowest BCUT2D eigenvalue weighted by atomic mass is 9.98. The first kappa shape index (κ1) is 14.7. The molecule has 1 fully saturated rings. The molecule has 1 aromatic rings. The molecule has 110 valence electrons. The molecule has 20 heavy (non-hydrogen) atoms. The highest BCUT2D eigenvalue weighted by atomic mass is 16.4. The Morgan fingerprint density at radius 3 is 2.65 bits per heavy atom. The summed E-state index contributed by atoms with van der Waals surface area (Å²) in [6.45, 7) is 9.32. The number of rotatable bonds is 2. The molecule has 3 N–H and O–H groups in total. The molecule has 0 aliphatic carbocycles. The third-order valence-electron chi connectivity index (χ3n) is 4.19. The van der Waals surface area contributed by atoms with Crippen molar-refractivity contribution in [2.45, 2.75) is 26.3 Å². The fraction of sp³-hybridized carbons (Fsp3) is 0.533. The molecule has 0 saturated carbocycles. The molecule has 0 amide bonds. The van der Waals surface area contributed by atoms with Gasteiger partial charge in [0.15, 0.2) is 5.84 Å². The number of nitrogens with zero attached hydrogens (tertiary/aromatic N) is 3. The van der Waals surface area contributed by atoms with Gasteiger partial charge >= 0.3 is 0 Å². The number of nitrogens with two attached hydrogens (primary N) is 1. The van der Waals surface area contributed by atoms with Crippen molar-refractivity contribution in [3.05, 3.63) is 29.3 Å². The number of oxime groups is 1.